The fourth-order valence-electron chi connectivity index (χ4n) is 1.86. The summed E-state index contributed by atoms with van der Waals surface area (Å²) in [7, 11) is 5.58. The van der Waals surface area contributed by atoms with Gasteiger partial charge in [-0.05, 0) is 51.2 Å². The van der Waals surface area contributed by atoms with Gasteiger partial charge in [-0.15, -0.1) is 0 Å². The van der Waals surface area contributed by atoms with Crippen molar-refractivity contribution in [1.29, 1.82) is 0 Å². The number of ether oxygens (including phenoxy) is 1. The Morgan fingerprint density at radius 1 is 1.35 bits per heavy atom. The molecule has 0 bridgehead atoms. The first-order valence-corrected chi connectivity index (χ1v) is 6.26. The van der Waals surface area contributed by atoms with Crippen molar-refractivity contribution in [3.8, 4) is 5.75 Å². The molecule has 0 aliphatic carbocycles. The minimum Gasteiger partial charge on any atom is -0.497 e. The van der Waals surface area contributed by atoms with E-state index in [9.17, 15) is 0 Å². The van der Waals surface area contributed by atoms with Gasteiger partial charge in [0, 0.05) is 11.1 Å². The summed E-state index contributed by atoms with van der Waals surface area (Å²) >= 11 is 6.26. The molecular weight excluding hydrogens is 236 g/mol. The highest BCUT2D eigenvalue weighted by Crippen LogP contribution is 2.29. The van der Waals surface area contributed by atoms with Crippen molar-refractivity contribution in [2.24, 2.45) is 0 Å². The molecule has 0 heterocycles. The Kier molecular flexibility index (Phi) is 6.34. The number of nitrogens with one attached hydrogen (secondary N) is 2. The lowest BCUT2D eigenvalue weighted by molar-refractivity contribution is 0.414. The van der Waals surface area contributed by atoms with Gasteiger partial charge in [0.1, 0.15) is 5.75 Å². The third-order valence-electron chi connectivity index (χ3n) is 2.85. The Morgan fingerprint density at radius 2 is 2.12 bits per heavy atom. The van der Waals surface area contributed by atoms with Crippen molar-refractivity contribution in [2.75, 3.05) is 27.7 Å². The third kappa shape index (κ3) is 4.19. The minimum absolute atomic E-state index is 0.293. The minimum atomic E-state index is 0.293. The molecule has 1 rings (SSSR count). The molecule has 17 heavy (non-hydrogen) atoms. The van der Waals surface area contributed by atoms with Crippen LogP contribution < -0.4 is 15.4 Å². The predicted octanol–water partition coefficient (Wildman–Crippen LogP) is 2.61. The van der Waals surface area contributed by atoms with Crippen molar-refractivity contribution in [2.45, 2.75) is 18.9 Å². The summed E-state index contributed by atoms with van der Waals surface area (Å²) in [6, 6.07) is 6.13. The van der Waals surface area contributed by atoms with E-state index in [2.05, 4.69) is 10.6 Å². The van der Waals surface area contributed by atoms with E-state index in [4.69, 9.17) is 16.3 Å². The quantitative estimate of drug-likeness (QED) is 0.736. The van der Waals surface area contributed by atoms with Crippen molar-refractivity contribution in [1.82, 2.24) is 10.6 Å². The van der Waals surface area contributed by atoms with E-state index in [1.807, 2.05) is 32.3 Å². The highest BCUT2D eigenvalue weighted by molar-refractivity contribution is 6.31. The van der Waals surface area contributed by atoms with Crippen molar-refractivity contribution >= 4 is 11.6 Å². The molecule has 2 N–H and O–H groups in total. The highest BCUT2D eigenvalue weighted by atomic mass is 35.5. The third-order valence-corrected chi connectivity index (χ3v) is 3.18. The Bertz CT molecular complexity index is 344. The zero-order valence-corrected chi connectivity index (χ0v) is 11.5. The maximum absolute atomic E-state index is 6.26. The summed E-state index contributed by atoms with van der Waals surface area (Å²) in [5, 5.41) is 7.21. The molecule has 0 fully saturated rings. The van der Waals surface area contributed by atoms with Gasteiger partial charge in [-0.25, -0.2) is 0 Å². The predicted molar refractivity (Wildman–Crippen MR) is 73.0 cm³/mol. The van der Waals surface area contributed by atoms with Crippen LogP contribution in [0.1, 0.15) is 24.4 Å². The lowest BCUT2D eigenvalue weighted by Gasteiger charge is -2.18. The first kappa shape index (κ1) is 14.3. The molecule has 0 aliphatic rings. The topological polar surface area (TPSA) is 33.3 Å². The largest absolute Gasteiger partial charge is 0.497 e. The van der Waals surface area contributed by atoms with Crippen LogP contribution in [0, 0.1) is 0 Å². The van der Waals surface area contributed by atoms with Crippen LogP contribution in [-0.2, 0) is 0 Å². The number of hydrogen-bond acceptors (Lipinski definition) is 3. The van der Waals surface area contributed by atoms with Gasteiger partial charge in [-0.3, -0.25) is 0 Å². The second-order valence-corrected chi connectivity index (χ2v) is 4.38. The molecule has 1 aromatic rings. The summed E-state index contributed by atoms with van der Waals surface area (Å²) in [5.41, 5.74) is 1.13. The maximum atomic E-state index is 6.26. The molecule has 1 aromatic carbocycles. The first-order valence-electron chi connectivity index (χ1n) is 5.88. The fourth-order valence-corrected chi connectivity index (χ4v) is 2.16. The summed E-state index contributed by atoms with van der Waals surface area (Å²) in [5.74, 6) is 0.795. The number of rotatable bonds is 7. The van der Waals surface area contributed by atoms with Gasteiger partial charge in [-0.2, -0.15) is 0 Å². The van der Waals surface area contributed by atoms with Crippen LogP contribution in [0.15, 0.2) is 18.2 Å². The fraction of sp³-hybridized carbons (Fsp3) is 0.538. The average Bonchev–Trinajstić information content (AvgIpc) is 2.35. The Hall–Kier alpha value is -0.770. The summed E-state index contributed by atoms with van der Waals surface area (Å²) in [4.78, 5) is 0. The van der Waals surface area contributed by atoms with Crippen molar-refractivity contribution < 1.29 is 4.74 Å². The number of benzene rings is 1. The number of hydrogen-bond donors (Lipinski definition) is 2. The standard InChI is InChI=1S/C13H21ClN2O/c1-15-8-4-5-13(16-2)11-7-6-10(17-3)9-12(11)14/h6-7,9,13,15-16H,4-5,8H2,1-3H3. The summed E-state index contributed by atoms with van der Waals surface area (Å²) in [6.07, 6.45) is 2.17. The van der Waals surface area contributed by atoms with E-state index in [1.165, 1.54) is 0 Å². The van der Waals surface area contributed by atoms with Gasteiger partial charge in [0.25, 0.3) is 0 Å². The number of methoxy groups -OCH3 is 1. The van der Waals surface area contributed by atoms with Gasteiger partial charge >= 0.3 is 0 Å². The van der Waals surface area contributed by atoms with Gasteiger partial charge in [-0.1, -0.05) is 17.7 Å². The summed E-state index contributed by atoms with van der Waals surface area (Å²) in [6.45, 7) is 1.02. The maximum Gasteiger partial charge on any atom is 0.120 e. The molecule has 1 unspecified atom stereocenters. The molecule has 0 saturated carbocycles. The molecule has 0 spiro atoms. The lowest BCUT2D eigenvalue weighted by atomic mass is 10.0. The Morgan fingerprint density at radius 3 is 2.65 bits per heavy atom. The van der Waals surface area contributed by atoms with Gasteiger partial charge in [0.2, 0.25) is 0 Å². The molecule has 0 saturated heterocycles. The molecule has 96 valence electrons. The molecule has 0 aliphatic heterocycles. The van der Waals surface area contributed by atoms with Crippen LogP contribution >= 0.6 is 11.6 Å². The monoisotopic (exact) mass is 256 g/mol. The van der Waals surface area contributed by atoms with Crippen LogP contribution in [0.25, 0.3) is 0 Å². The SMILES string of the molecule is CNCCCC(NC)c1ccc(OC)cc1Cl. The molecule has 0 amide bonds. The van der Waals surface area contributed by atoms with Crippen LogP contribution in [-0.4, -0.2) is 27.7 Å². The van der Waals surface area contributed by atoms with Crippen LogP contribution in [0.4, 0.5) is 0 Å². The highest BCUT2D eigenvalue weighted by Gasteiger charge is 2.12. The second-order valence-electron chi connectivity index (χ2n) is 3.97. The van der Waals surface area contributed by atoms with Gasteiger partial charge < -0.3 is 15.4 Å². The second kappa shape index (κ2) is 7.54. The molecule has 0 radical (unpaired) electrons. The smallest absolute Gasteiger partial charge is 0.120 e. The molecular formula is C13H21ClN2O. The first-order chi connectivity index (χ1) is 8.22. The molecule has 1 atom stereocenters. The van der Waals surface area contributed by atoms with E-state index in [-0.39, 0.29) is 0 Å². The lowest BCUT2D eigenvalue weighted by Crippen LogP contribution is -2.19. The van der Waals surface area contributed by atoms with Crippen molar-refractivity contribution in [3.05, 3.63) is 28.8 Å². The van der Waals surface area contributed by atoms with E-state index < -0.39 is 0 Å². The van der Waals surface area contributed by atoms with Crippen molar-refractivity contribution in [3.63, 3.8) is 0 Å². The van der Waals surface area contributed by atoms with Gasteiger partial charge in [0.05, 0.1) is 7.11 Å². The zero-order valence-electron chi connectivity index (χ0n) is 10.7. The molecule has 3 nitrogen and oxygen atoms in total. The van der Waals surface area contributed by atoms with Gasteiger partial charge in [0.15, 0.2) is 0 Å². The normalized spacial score (nSPS) is 12.5. The Balaban J connectivity index is 2.73. The molecule has 0 aromatic heterocycles. The van der Waals surface area contributed by atoms with E-state index >= 15 is 0 Å². The van der Waals surface area contributed by atoms with Crippen LogP contribution in [0.2, 0.25) is 5.02 Å². The Labute approximate surface area is 109 Å². The molecule has 4 heteroatoms. The van der Waals surface area contributed by atoms with E-state index in [0.717, 1.165) is 35.7 Å². The summed E-state index contributed by atoms with van der Waals surface area (Å²) < 4.78 is 5.15. The average molecular weight is 257 g/mol. The van der Waals surface area contributed by atoms with E-state index in [0.29, 0.717) is 6.04 Å². The van der Waals surface area contributed by atoms with E-state index in [1.54, 1.807) is 7.11 Å². The zero-order chi connectivity index (χ0) is 12.7. The van der Waals surface area contributed by atoms with Crippen LogP contribution in [0.3, 0.4) is 0 Å². The van der Waals surface area contributed by atoms with Crippen LogP contribution in [0.5, 0.6) is 5.75 Å². The number of halogens is 1.